The lowest BCUT2D eigenvalue weighted by Gasteiger charge is -2.26. The summed E-state index contributed by atoms with van der Waals surface area (Å²) in [6.45, 7) is 1.73. The molecule has 0 saturated carbocycles. The molecule has 1 fully saturated rings. The van der Waals surface area contributed by atoms with Gasteiger partial charge in [-0.2, -0.15) is 0 Å². The van der Waals surface area contributed by atoms with E-state index in [4.69, 9.17) is 0 Å². The van der Waals surface area contributed by atoms with Gasteiger partial charge in [0.05, 0.1) is 9.82 Å². The average molecular weight is 481 g/mol. The van der Waals surface area contributed by atoms with Crippen LogP contribution in [0.5, 0.6) is 0 Å². The van der Waals surface area contributed by atoms with Crippen LogP contribution >= 0.6 is 11.8 Å². The molecule has 3 aromatic rings. The summed E-state index contributed by atoms with van der Waals surface area (Å²) in [5, 5.41) is 22.6. The Hall–Kier alpha value is -3.73. The van der Waals surface area contributed by atoms with Crippen LogP contribution in [0.1, 0.15) is 45.5 Å². The molecule has 0 aliphatic carbocycles. The first kappa shape index (κ1) is 23.4. The summed E-state index contributed by atoms with van der Waals surface area (Å²) < 4.78 is 1.65. The van der Waals surface area contributed by atoms with E-state index in [-0.39, 0.29) is 23.7 Å². The summed E-state index contributed by atoms with van der Waals surface area (Å²) in [4.78, 5) is 38.7. The normalized spacial score (nSPS) is 13.5. The van der Waals surface area contributed by atoms with E-state index in [1.165, 1.54) is 24.5 Å². The number of carbonyl (C=O) groups is 2. The van der Waals surface area contributed by atoms with Crippen molar-refractivity contribution in [2.24, 2.45) is 7.05 Å². The zero-order chi connectivity index (χ0) is 24.1. The van der Waals surface area contributed by atoms with Crippen molar-refractivity contribution in [2.45, 2.75) is 35.9 Å². The second-order valence-corrected chi connectivity index (χ2v) is 9.01. The lowest BCUT2D eigenvalue weighted by Crippen LogP contribution is -2.35. The number of hydrogen-bond donors (Lipinski definition) is 1. The zero-order valence-corrected chi connectivity index (χ0v) is 19.5. The maximum absolute atomic E-state index is 12.7. The number of nitro benzene ring substituents is 1. The molecular weight excluding hydrogens is 456 g/mol. The van der Waals surface area contributed by atoms with Gasteiger partial charge in [0.1, 0.15) is 6.33 Å². The fourth-order valence-electron chi connectivity index (χ4n) is 3.73. The van der Waals surface area contributed by atoms with Crippen LogP contribution < -0.4 is 5.32 Å². The van der Waals surface area contributed by atoms with Crippen LogP contribution in [0.2, 0.25) is 0 Å². The van der Waals surface area contributed by atoms with Gasteiger partial charge in [-0.15, -0.1) is 10.2 Å². The van der Waals surface area contributed by atoms with Crippen molar-refractivity contribution in [1.29, 1.82) is 0 Å². The molecule has 2 aromatic carbocycles. The Morgan fingerprint density at radius 2 is 1.91 bits per heavy atom. The van der Waals surface area contributed by atoms with Gasteiger partial charge in [0.2, 0.25) is 0 Å². The van der Waals surface area contributed by atoms with Gasteiger partial charge in [-0.3, -0.25) is 19.7 Å². The van der Waals surface area contributed by atoms with E-state index in [1.54, 1.807) is 29.8 Å². The number of nitrogens with one attached hydrogen (secondary N) is 1. The fourth-order valence-corrected chi connectivity index (χ4v) is 4.58. The number of aromatic nitrogens is 3. The number of amides is 2. The molecule has 2 amide bonds. The molecule has 10 nitrogen and oxygen atoms in total. The van der Waals surface area contributed by atoms with E-state index in [9.17, 15) is 19.7 Å². The molecule has 0 atom stereocenters. The summed E-state index contributed by atoms with van der Waals surface area (Å²) in [6.07, 6.45) is 4.69. The topological polar surface area (TPSA) is 123 Å². The number of carbonyl (C=O) groups excluding carboxylic acids is 2. The van der Waals surface area contributed by atoms with Crippen LogP contribution in [-0.2, 0) is 13.6 Å². The first-order chi connectivity index (χ1) is 16.4. The third-order valence-electron chi connectivity index (χ3n) is 5.56. The van der Waals surface area contributed by atoms with Gasteiger partial charge in [0.25, 0.3) is 17.5 Å². The Bertz CT molecular complexity index is 1220. The molecular formula is C23H24N6O4S. The molecule has 1 aliphatic rings. The highest BCUT2D eigenvalue weighted by atomic mass is 32.2. The molecule has 1 aromatic heterocycles. The Labute approximate surface area is 200 Å². The zero-order valence-electron chi connectivity index (χ0n) is 18.6. The van der Waals surface area contributed by atoms with Crippen LogP contribution in [-0.4, -0.2) is 49.5 Å². The molecule has 176 valence electrons. The van der Waals surface area contributed by atoms with Crippen LogP contribution in [0.25, 0.3) is 0 Å². The third-order valence-corrected chi connectivity index (χ3v) is 6.68. The van der Waals surface area contributed by atoms with Crippen molar-refractivity contribution in [1.82, 2.24) is 25.0 Å². The highest BCUT2D eigenvalue weighted by Gasteiger charge is 2.21. The largest absolute Gasteiger partial charge is 0.348 e. The quantitative estimate of drug-likeness (QED) is 0.406. The Morgan fingerprint density at radius 3 is 2.62 bits per heavy atom. The van der Waals surface area contributed by atoms with Gasteiger partial charge < -0.3 is 14.8 Å². The molecule has 2 heterocycles. The minimum atomic E-state index is -0.523. The SMILES string of the molecule is Cn1cnnc1Sc1ccc(C(=O)NCc2cccc(C(=O)N3CCCCC3)c2)cc1[N+](=O)[O-]. The predicted octanol–water partition coefficient (Wildman–Crippen LogP) is 3.43. The molecule has 0 bridgehead atoms. The number of likely N-dealkylation sites (tertiary alicyclic amines) is 1. The molecule has 4 rings (SSSR count). The van der Waals surface area contributed by atoms with E-state index in [0.717, 1.165) is 49.7 Å². The maximum Gasteiger partial charge on any atom is 0.284 e. The van der Waals surface area contributed by atoms with Crippen molar-refractivity contribution in [3.8, 4) is 0 Å². The van der Waals surface area contributed by atoms with Gasteiger partial charge in [-0.25, -0.2) is 0 Å². The summed E-state index contributed by atoms with van der Waals surface area (Å²) in [6, 6.07) is 11.5. The van der Waals surface area contributed by atoms with E-state index in [1.807, 2.05) is 11.0 Å². The summed E-state index contributed by atoms with van der Waals surface area (Å²) in [5.41, 5.74) is 1.36. The van der Waals surface area contributed by atoms with Gasteiger partial charge in [-0.05, 0) is 60.9 Å². The second kappa shape index (κ2) is 10.5. The number of nitro groups is 1. The van der Waals surface area contributed by atoms with Crippen molar-refractivity contribution in [3.63, 3.8) is 0 Å². The van der Waals surface area contributed by atoms with Gasteiger partial charge >= 0.3 is 0 Å². The number of piperidine rings is 1. The van der Waals surface area contributed by atoms with Gasteiger partial charge in [-0.1, -0.05) is 12.1 Å². The van der Waals surface area contributed by atoms with E-state index >= 15 is 0 Å². The number of hydrogen-bond acceptors (Lipinski definition) is 7. The van der Waals surface area contributed by atoms with Crippen LogP contribution in [0.3, 0.4) is 0 Å². The Kier molecular flexibility index (Phi) is 7.21. The number of rotatable bonds is 7. The molecule has 0 unspecified atom stereocenters. The van der Waals surface area contributed by atoms with E-state index in [2.05, 4.69) is 15.5 Å². The molecule has 34 heavy (non-hydrogen) atoms. The predicted molar refractivity (Wildman–Crippen MR) is 126 cm³/mol. The summed E-state index contributed by atoms with van der Waals surface area (Å²) >= 11 is 1.10. The number of aryl methyl sites for hydroxylation is 1. The maximum atomic E-state index is 12.7. The average Bonchev–Trinajstić information content (AvgIpc) is 3.27. The number of benzene rings is 2. The molecule has 1 N–H and O–H groups in total. The minimum absolute atomic E-state index is 0.000461. The van der Waals surface area contributed by atoms with Crippen molar-refractivity contribution < 1.29 is 14.5 Å². The fraction of sp³-hybridized carbons (Fsp3) is 0.304. The van der Waals surface area contributed by atoms with Crippen molar-refractivity contribution in [2.75, 3.05) is 13.1 Å². The first-order valence-electron chi connectivity index (χ1n) is 10.9. The minimum Gasteiger partial charge on any atom is -0.348 e. The monoisotopic (exact) mass is 480 g/mol. The standard InChI is InChI=1S/C23H24N6O4S/c1-27-15-25-26-23(27)34-20-9-8-17(13-19(20)29(32)33)21(30)24-14-16-6-5-7-18(12-16)22(31)28-10-3-2-4-11-28/h5-9,12-13,15H,2-4,10-11,14H2,1H3,(H,24,30). The molecule has 1 saturated heterocycles. The van der Waals surface area contributed by atoms with Gasteiger partial charge in [0, 0.05) is 43.9 Å². The lowest BCUT2D eigenvalue weighted by molar-refractivity contribution is -0.387. The summed E-state index contributed by atoms with van der Waals surface area (Å²) in [7, 11) is 1.74. The van der Waals surface area contributed by atoms with E-state index < -0.39 is 10.8 Å². The van der Waals surface area contributed by atoms with Crippen molar-refractivity contribution in [3.05, 3.63) is 75.6 Å². The van der Waals surface area contributed by atoms with Crippen LogP contribution in [0, 0.1) is 10.1 Å². The summed E-state index contributed by atoms with van der Waals surface area (Å²) in [5.74, 6) is -0.439. The molecule has 0 radical (unpaired) electrons. The Balaban J connectivity index is 1.43. The number of nitrogens with zero attached hydrogens (tertiary/aromatic N) is 5. The Morgan fingerprint density at radius 1 is 1.12 bits per heavy atom. The second-order valence-electron chi connectivity index (χ2n) is 8.00. The third kappa shape index (κ3) is 5.42. The van der Waals surface area contributed by atoms with Crippen LogP contribution in [0.4, 0.5) is 5.69 Å². The smallest absolute Gasteiger partial charge is 0.284 e. The van der Waals surface area contributed by atoms with E-state index in [0.29, 0.717) is 15.6 Å². The highest BCUT2D eigenvalue weighted by Crippen LogP contribution is 2.34. The van der Waals surface area contributed by atoms with Crippen molar-refractivity contribution >= 4 is 29.3 Å². The lowest BCUT2D eigenvalue weighted by atomic mass is 10.1. The molecule has 0 spiro atoms. The molecule has 11 heteroatoms. The first-order valence-corrected chi connectivity index (χ1v) is 11.7. The molecule has 1 aliphatic heterocycles. The van der Waals surface area contributed by atoms with Gasteiger partial charge in [0.15, 0.2) is 5.16 Å². The highest BCUT2D eigenvalue weighted by molar-refractivity contribution is 7.99. The van der Waals surface area contributed by atoms with Crippen LogP contribution in [0.15, 0.2) is 58.8 Å².